The summed E-state index contributed by atoms with van der Waals surface area (Å²) in [6.07, 6.45) is 12.0. The standard InChI is InChI=1S/C11H14O4.C10H12O5.3C10H14O2.C9H12O2.C8H10O3/c1-4-5-3-6-8(7(5)10(12)14-2)11(13)15-9(4)6;1-3-6-4(9(11)13-2)5-8(14-6)7(3)15-10(5)12;1-5-8-6-3-10(5,2)4-7(6)9(11)12-8;1-5-6-3-7-8(4-6)12-9(11)10(5,7)2;1-5-6-3-7-8(4-6)10(5,2)12-9(7)11;1-4-5-2-6-7(3-5)11-9(10)8(4)6;1-3-5-2-4-7(10-5)6(3)11-8(4)9/h4-9H,3H2,1-2H3;3-8H,1-2H3;3*5-8H,3-4H2,1-2H3;4-8H,2-3H2,1H3;3-7H,2H2,1H3. The van der Waals surface area contributed by atoms with E-state index in [1.165, 1.54) is 39.9 Å². The lowest BCUT2D eigenvalue weighted by Gasteiger charge is -2.32. The molecule has 11 heterocycles. The topological polar surface area (TPSA) is 255 Å². The van der Waals surface area contributed by atoms with Gasteiger partial charge in [-0.2, -0.15) is 0 Å². The number of methoxy groups -OCH3 is 2. The zero-order valence-electron chi connectivity index (χ0n) is 52.9. The highest BCUT2D eigenvalue weighted by Crippen LogP contribution is 2.67. The van der Waals surface area contributed by atoms with Gasteiger partial charge >= 0.3 is 53.7 Å². The van der Waals surface area contributed by atoms with Crippen molar-refractivity contribution in [2.75, 3.05) is 14.2 Å². The molecule has 10 aliphatic carbocycles. The molecule has 37 atom stereocenters. The molecule has 0 aromatic carbocycles. The minimum absolute atomic E-state index is 0.0353. The summed E-state index contributed by atoms with van der Waals surface area (Å²) < 4.78 is 58.0. The van der Waals surface area contributed by atoms with E-state index >= 15 is 0 Å². The summed E-state index contributed by atoms with van der Waals surface area (Å²) in [4.78, 5) is 103. The number of fused-ring (bicyclic) bond motifs is 7. The first-order valence-electron chi connectivity index (χ1n) is 33.7. The van der Waals surface area contributed by atoms with Crippen LogP contribution in [0.3, 0.4) is 0 Å². The van der Waals surface area contributed by atoms with Gasteiger partial charge in [-0.05, 0) is 137 Å². The largest absolute Gasteiger partial charge is 0.469 e. The Balaban J connectivity index is 0.0000000864. The quantitative estimate of drug-likeness (QED) is 0.207. The van der Waals surface area contributed by atoms with Crippen LogP contribution in [0.15, 0.2) is 0 Å². The van der Waals surface area contributed by atoms with Crippen LogP contribution in [-0.4, -0.2) is 135 Å². The van der Waals surface area contributed by atoms with Crippen LogP contribution < -0.4 is 0 Å². The Morgan fingerprint density at radius 1 is 0.409 bits per heavy atom. The van der Waals surface area contributed by atoms with Gasteiger partial charge in [-0.3, -0.25) is 43.2 Å². The fourth-order valence-corrected chi connectivity index (χ4v) is 23.6. The molecule has 0 radical (unpaired) electrons. The lowest BCUT2D eigenvalue weighted by atomic mass is 9.69. The summed E-state index contributed by atoms with van der Waals surface area (Å²) in [7, 11) is 2.72. The highest BCUT2D eigenvalue weighted by Gasteiger charge is 2.72. The Bertz CT molecular complexity index is 2930. The van der Waals surface area contributed by atoms with E-state index in [0.717, 1.165) is 56.3 Å². The monoisotopic (exact) mass is 1230 g/mol. The minimum atomic E-state index is -0.471. The number of carbonyl (C=O) groups is 9. The van der Waals surface area contributed by atoms with Crippen molar-refractivity contribution in [2.24, 2.45) is 153 Å². The summed E-state index contributed by atoms with van der Waals surface area (Å²) in [5.74, 6) is 6.93. The summed E-state index contributed by atoms with van der Waals surface area (Å²) in [5, 5.41) is 0. The molecule has 0 aromatic heterocycles. The van der Waals surface area contributed by atoms with Crippen LogP contribution in [0.5, 0.6) is 0 Å². The molecule has 11 saturated heterocycles. The number of carbonyl (C=O) groups excluding carboxylic acids is 9. The Morgan fingerprint density at radius 2 is 1.03 bits per heavy atom. The van der Waals surface area contributed by atoms with Crippen molar-refractivity contribution < 1.29 is 95.3 Å². The summed E-state index contributed by atoms with van der Waals surface area (Å²) >= 11 is 0. The van der Waals surface area contributed by atoms with E-state index in [0.29, 0.717) is 76.8 Å². The second-order valence-electron chi connectivity index (χ2n) is 32.0. The van der Waals surface area contributed by atoms with Crippen molar-refractivity contribution in [3.63, 3.8) is 0 Å². The first kappa shape index (κ1) is 59.5. The first-order valence-corrected chi connectivity index (χ1v) is 33.7. The molecule has 0 aromatic rings. The van der Waals surface area contributed by atoms with E-state index in [9.17, 15) is 43.2 Å². The van der Waals surface area contributed by atoms with Gasteiger partial charge in [-0.25, -0.2) is 0 Å². The molecule has 482 valence electrons. The van der Waals surface area contributed by atoms with E-state index < -0.39 is 11.8 Å². The molecule has 21 fully saturated rings. The summed E-state index contributed by atoms with van der Waals surface area (Å²) in [6.45, 7) is 21.5. The average molecular weight is 1230 g/mol. The minimum Gasteiger partial charge on any atom is -0.469 e. The van der Waals surface area contributed by atoms with Crippen molar-refractivity contribution in [1.82, 2.24) is 0 Å². The summed E-state index contributed by atoms with van der Waals surface area (Å²) in [6, 6.07) is 0. The predicted octanol–water partition coefficient (Wildman–Crippen LogP) is 6.66. The maximum Gasteiger partial charge on any atom is 0.313 e. The number of hydrogen-bond donors (Lipinski definition) is 0. The van der Waals surface area contributed by atoms with Crippen LogP contribution in [0, 0.1) is 153 Å². The van der Waals surface area contributed by atoms with Gasteiger partial charge in [0.1, 0.15) is 60.4 Å². The average Bonchev–Trinajstić information content (AvgIpc) is 1.63. The van der Waals surface area contributed by atoms with Gasteiger partial charge in [-0.1, -0.05) is 55.4 Å². The van der Waals surface area contributed by atoms with E-state index in [2.05, 4.69) is 62.3 Å². The predicted molar refractivity (Wildman–Crippen MR) is 301 cm³/mol. The second kappa shape index (κ2) is 20.3. The van der Waals surface area contributed by atoms with Crippen LogP contribution in [0.1, 0.15) is 133 Å². The number of ether oxygens (including phenoxy) is 11. The molecule has 88 heavy (non-hydrogen) atoms. The van der Waals surface area contributed by atoms with Crippen molar-refractivity contribution >= 4 is 53.7 Å². The zero-order valence-corrected chi connectivity index (χ0v) is 52.9. The molecule has 20 heteroatoms. The molecule has 11 aliphatic heterocycles. The Labute approximate surface area is 514 Å². The van der Waals surface area contributed by atoms with Crippen LogP contribution >= 0.6 is 0 Å². The molecule has 21 rings (SSSR count). The van der Waals surface area contributed by atoms with Crippen molar-refractivity contribution in [3.8, 4) is 0 Å². The number of rotatable bonds is 2. The van der Waals surface area contributed by atoms with Gasteiger partial charge in [0.15, 0.2) is 0 Å². The zero-order chi connectivity index (χ0) is 62.2. The maximum absolute atomic E-state index is 11.7. The molecule has 0 N–H and O–H groups in total. The van der Waals surface area contributed by atoms with Crippen LogP contribution in [-0.2, 0) is 95.3 Å². The molecule has 10 saturated carbocycles. The Hall–Kier alpha value is -4.85. The third-order valence-corrected chi connectivity index (χ3v) is 29.0. The van der Waals surface area contributed by atoms with Gasteiger partial charge in [0.2, 0.25) is 0 Å². The fourth-order valence-electron chi connectivity index (χ4n) is 23.6. The van der Waals surface area contributed by atoms with Crippen LogP contribution in [0.25, 0.3) is 0 Å². The van der Waals surface area contributed by atoms with Gasteiger partial charge in [0, 0.05) is 41.4 Å². The smallest absolute Gasteiger partial charge is 0.313 e. The van der Waals surface area contributed by atoms with Gasteiger partial charge in [-0.15, -0.1) is 0 Å². The molecule has 14 bridgehead atoms. The lowest BCUT2D eigenvalue weighted by Crippen LogP contribution is -2.41. The van der Waals surface area contributed by atoms with Gasteiger partial charge < -0.3 is 52.1 Å². The van der Waals surface area contributed by atoms with Crippen molar-refractivity contribution in [2.45, 2.75) is 200 Å². The van der Waals surface area contributed by atoms with E-state index in [1.54, 1.807) is 0 Å². The highest BCUT2D eigenvalue weighted by atomic mass is 16.6. The fraction of sp³-hybridized carbons (Fsp3) is 0.868. The number of hydrogen-bond acceptors (Lipinski definition) is 20. The molecule has 21 aliphatic rings. The molecule has 0 spiro atoms. The molecular formula is C68H90O20. The number of esters is 9. The molecular weight excluding hydrogens is 1140 g/mol. The first-order chi connectivity index (χ1) is 41.7. The molecule has 20 nitrogen and oxygen atoms in total. The van der Waals surface area contributed by atoms with Crippen molar-refractivity contribution in [1.29, 1.82) is 0 Å². The van der Waals surface area contributed by atoms with E-state index in [1.807, 2.05) is 6.92 Å². The highest BCUT2D eigenvalue weighted by molar-refractivity contribution is 5.87. The third-order valence-electron chi connectivity index (χ3n) is 29.0. The van der Waals surface area contributed by atoms with Crippen LogP contribution in [0.4, 0.5) is 0 Å². The SMILES string of the molecule is CC1C2CC3C(=O)OC1(C)C3C2.CC1C2CC3C(=O)OC1C3O2.CC1C2CC3OC(=O)C1(C)C3C2.CC1C2CC3OC(=O)C1C3C2.CC1C2OC(=O)C3CC1(C)CC32.COC(=O)C1C2CC3C(OC(=O)C31)C2C.COC(=O)C1C2OC3C(OC(=O)C31)C2C. The normalized spacial score (nSPS) is 56.9. The second-order valence-corrected chi connectivity index (χ2v) is 32.0. The van der Waals surface area contributed by atoms with Crippen molar-refractivity contribution in [3.05, 3.63) is 0 Å². The molecule has 0 amide bonds. The third kappa shape index (κ3) is 8.07. The maximum atomic E-state index is 11.7. The molecule has 37 unspecified atom stereocenters. The Morgan fingerprint density at radius 3 is 1.66 bits per heavy atom. The lowest BCUT2D eigenvalue weighted by molar-refractivity contribution is -0.153. The van der Waals surface area contributed by atoms with E-state index in [4.69, 9.17) is 52.1 Å². The van der Waals surface area contributed by atoms with Crippen LogP contribution in [0.2, 0.25) is 0 Å². The summed E-state index contributed by atoms with van der Waals surface area (Å²) in [5.41, 5.74) is 0.199. The van der Waals surface area contributed by atoms with Gasteiger partial charge in [0.05, 0.1) is 73.3 Å². The van der Waals surface area contributed by atoms with E-state index in [-0.39, 0.29) is 167 Å². The Kier molecular flexibility index (Phi) is 13.7. The van der Waals surface area contributed by atoms with Gasteiger partial charge in [0.25, 0.3) is 0 Å².